The zero-order chi connectivity index (χ0) is 13.7. The Morgan fingerprint density at radius 1 is 1.42 bits per heavy atom. The van der Waals surface area contributed by atoms with Gasteiger partial charge in [-0.2, -0.15) is 0 Å². The number of ether oxygens (including phenoxy) is 1. The Morgan fingerprint density at radius 2 is 2.26 bits per heavy atom. The highest BCUT2D eigenvalue weighted by Crippen LogP contribution is 2.30. The van der Waals surface area contributed by atoms with Crippen molar-refractivity contribution in [2.24, 2.45) is 0 Å². The number of benzene rings is 1. The Morgan fingerprint density at radius 3 is 2.89 bits per heavy atom. The lowest BCUT2D eigenvalue weighted by atomic mass is 9.93. The van der Waals surface area contributed by atoms with E-state index in [9.17, 15) is 0 Å². The Balaban J connectivity index is 2.13. The molecule has 0 amide bonds. The minimum atomic E-state index is 0.352. The molecule has 1 aliphatic rings. The maximum Gasteiger partial charge on any atom is 0.123 e. The third kappa shape index (κ3) is 3.71. The highest BCUT2D eigenvalue weighted by atomic mass is 16.5. The molecule has 3 heteroatoms. The van der Waals surface area contributed by atoms with Crippen LogP contribution >= 0.6 is 0 Å². The van der Waals surface area contributed by atoms with Crippen LogP contribution in [0.3, 0.4) is 0 Å². The number of hydrogen-bond donors (Lipinski definition) is 2. The van der Waals surface area contributed by atoms with Crippen molar-refractivity contribution in [2.45, 2.75) is 44.7 Å². The lowest BCUT2D eigenvalue weighted by molar-refractivity contribution is 0.339. The molecule has 2 unspecified atom stereocenters. The van der Waals surface area contributed by atoms with Crippen molar-refractivity contribution in [1.82, 2.24) is 10.6 Å². The minimum Gasteiger partial charge on any atom is -0.496 e. The fourth-order valence-electron chi connectivity index (χ4n) is 2.94. The van der Waals surface area contributed by atoms with Gasteiger partial charge in [-0.1, -0.05) is 24.1 Å². The van der Waals surface area contributed by atoms with Gasteiger partial charge in [0.2, 0.25) is 0 Å². The molecule has 3 nitrogen and oxygen atoms in total. The molecular formula is C16H26N2O. The van der Waals surface area contributed by atoms with Crippen molar-refractivity contribution in [3.8, 4) is 5.75 Å². The van der Waals surface area contributed by atoms with Crippen LogP contribution in [-0.4, -0.2) is 26.7 Å². The van der Waals surface area contributed by atoms with Gasteiger partial charge in [-0.25, -0.2) is 0 Å². The normalized spacial score (nSPS) is 21.1. The Hall–Kier alpha value is -1.06. The monoisotopic (exact) mass is 262 g/mol. The predicted molar refractivity (Wildman–Crippen MR) is 79.8 cm³/mol. The molecule has 19 heavy (non-hydrogen) atoms. The van der Waals surface area contributed by atoms with Gasteiger partial charge in [0.25, 0.3) is 0 Å². The van der Waals surface area contributed by atoms with Gasteiger partial charge in [0.05, 0.1) is 7.11 Å². The van der Waals surface area contributed by atoms with Gasteiger partial charge in [-0.05, 0) is 45.8 Å². The van der Waals surface area contributed by atoms with E-state index >= 15 is 0 Å². The summed E-state index contributed by atoms with van der Waals surface area (Å²) in [7, 11) is 3.79. The van der Waals surface area contributed by atoms with Crippen LogP contribution in [0.2, 0.25) is 0 Å². The summed E-state index contributed by atoms with van der Waals surface area (Å²) in [6.07, 6.45) is 5.07. The summed E-state index contributed by atoms with van der Waals surface area (Å²) in [6.45, 7) is 3.29. The molecule has 106 valence electrons. The smallest absolute Gasteiger partial charge is 0.123 e. The summed E-state index contributed by atoms with van der Waals surface area (Å²) >= 11 is 0. The summed E-state index contributed by atoms with van der Waals surface area (Å²) in [5.41, 5.74) is 2.56. The van der Waals surface area contributed by atoms with Crippen molar-refractivity contribution < 1.29 is 4.74 Å². The average molecular weight is 262 g/mol. The molecule has 1 aromatic carbocycles. The van der Waals surface area contributed by atoms with Crippen LogP contribution in [0.4, 0.5) is 0 Å². The highest BCUT2D eigenvalue weighted by molar-refractivity contribution is 5.39. The first-order valence-electron chi connectivity index (χ1n) is 7.29. The van der Waals surface area contributed by atoms with Crippen LogP contribution in [0.1, 0.15) is 42.9 Å². The average Bonchev–Trinajstić information content (AvgIpc) is 2.46. The largest absolute Gasteiger partial charge is 0.496 e. The molecule has 0 aliphatic carbocycles. The number of piperidine rings is 1. The molecule has 2 rings (SSSR count). The lowest BCUT2D eigenvalue weighted by Crippen LogP contribution is -2.37. The number of hydrogen-bond acceptors (Lipinski definition) is 3. The van der Waals surface area contributed by atoms with Crippen LogP contribution in [0.15, 0.2) is 18.2 Å². The molecule has 1 aromatic rings. The summed E-state index contributed by atoms with van der Waals surface area (Å²) in [5.74, 6) is 0.987. The molecule has 0 bridgehead atoms. The summed E-state index contributed by atoms with van der Waals surface area (Å²) in [6, 6.07) is 7.39. The van der Waals surface area contributed by atoms with E-state index in [2.05, 4.69) is 35.8 Å². The molecule has 0 aromatic heterocycles. The molecule has 1 saturated heterocycles. The van der Waals surface area contributed by atoms with Crippen molar-refractivity contribution in [3.05, 3.63) is 29.3 Å². The van der Waals surface area contributed by atoms with E-state index in [1.165, 1.54) is 30.4 Å². The first-order valence-corrected chi connectivity index (χ1v) is 7.29. The van der Waals surface area contributed by atoms with Crippen LogP contribution in [0.25, 0.3) is 0 Å². The predicted octanol–water partition coefficient (Wildman–Crippen LogP) is 2.80. The zero-order valence-electron chi connectivity index (χ0n) is 12.3. The maximum atomic E-state index is 5.51. The molecule has 2 N–H and O–H groups in total. The second-order valence-electron chi connectivity index (χ2n) is 5.47. The van der Waals surface area contributed by atoms with Gasteiger partial charge in [0.15, 0.2) is 0 Å². The van der Waals surface area contributed by atoms with Gasteiger partial charge in [-0.15, -0.1) is 0 Å². The van der Waals surface area contributed by atoms with Gasteiger partial charge in [-0.3, -0.25) is 0 Å². The first kappa shape index (κ1) is 14.4. The molecule has 0 spiro atoms. The van der Waals surface area contributed by atoms with E-state index in [1.54, 1.807) is 7.11 Å². The third-order valence-corrected chi connectivity index (χ3v) is 4.04. The molecule has 0 saturated carbocycles. The molecular weight excluding hydrogens is 236 g/mol. The number of nitrogens with one attached hydrogen (secondary N) is 2. The Labute approximate surface area is 116 Å². The van der Waals surface area contributed by atoms with E-state index in [1.807, 2.05) is 7.05 Å². The second kappa shape index (κ2) is 6.92. The zero-order valence-corrected chi connectivity index (χ0v) is 12.3. The molecule has 2 atom stereocenters. The van der Waals surface area contributed by atoms with E-state index in [0.29, 0.717) is 12.1 Å². The topological polar surface area (TPSA) is 33.3 Å². The number of methoxy groups -OCH3 is 1. The van der Waals surface area contributed by atoms with Crippen LogP contribution < -0.4 is 15.4 Å². The van der Waals surface area contributed by atoms with Crippen molar-refractivity contribution in [3.63, 3.8) is 0 Å². The molecule has 1 fully saturated rings. The van der Waals surface area contributed by atoms with E-state index in [0.717, 1.165) is 18.7 Å². The first-order chi connectivity index (χ1) is 9.24. The quantitative estimate of drug-likeness (QED) is 0.856. The standard InChI is InChI=1S/C16H26N2O/c1-12-7-8-16(19-3)14(10-12)15(17-2)11-13-6-4-5-9-18-13/h7-8,10,13,15,17-18H,4-6,9,11H2,1-3H3. The highest BCUT2D eigenvalue weighted by Gasteiger charge is 2.21. The van der Waals surface area contributed by atoms with Crippen molar-refractivity contribution >= 4 is 0 Å². The fraction of sp³-hybridized carbons (Fsp3) is 0.625. The van der Waals surface area contributed by atoms with Crippen molar-refractivity contribution in [2.75, 3.05) is 20.7 Å². The van der Waals surface area contributed by atoms with Crippen molar-refractivity contribution in [1.29, 1.82) is 0 Å². The molecule has 1 aliphatic heterocycles. The van der Waals surface area contributed by atoms with Gasteiger partial charge >= 0.3 is 0 Å². The minimum absolute atomic E-state index is 0.352. The molecule has 0 radical (unpaired) electrons. The Kier molecular flexibility index (Phi) is 5.23. The number of rotatable bonds is 5. The Bertz CT molecular complexity index is 400. The number of aryl methyl sites for hydroxylation is 1. The van der Waals surface area contributed by atoms with Crippen LogP contribution in [-0.2, 0) is 0 Å². The van der Waals surface area contributed by atoms with E-state index < -0.39 is 0 Å². The van der Waals surface area contributed by atoms with Crippen LogP contribution in [0.5, 0.6) is 5.75 Å². The lowest BCUT2D eigenvalue weighted by Gasteiger charge is -2.28. The summed E-state index contributed by atoms with van der Waals surface area (Å²) in [5, 5.41) is 7.07. The maximum absolute atomic E-state index is 5.51. The van der Waals surface area contributed by atoms with Gasteiger partial charge in [0.1, 0.15) is 5.75 Å². The van der Waals surface area contributed by atoms with E-state index in [-0.39, 0.29) is 0 Å². The SMILES string of the molecule is CNC(CC1CCCCN1)c1cc(C)ccc1OC. The fourth-order valence-corrected chi connectivity index (χ4v) is 2.94. The van der Waals surface area contributed by atoms with Gasteiger partial charge in [0, 0.05) is 17.6 Å². The van der Waals surface area contributed by atoms with Gasteiger partial charge < -0.3 is 15.4 Å². The second-order valence-corrected chi connectivity index (χ2v) is 5.47. The molecule has 1 heterocycles. The van der Waals surface area contributed by atoms with Crippen LogP contribution in [0, 0.1) is 6.92 Å². The summed E-state index contributed by atoms with van der Waals surface area (Å²) in [4.78, 5) is 0. The third-order valence-electron chi connectivity index (χ3n) is 4.04. The summed E-state index contributed by atoms with van der Waals surface area (Å²) < 4.78 is 5.51. The van der Waals surface area contributed by atoms with E-state index in [4.69, 9.17) is 4.74 Å².